The maximum Gasteiger partial charge on any atom is -0.0122 e. The summed E-state index contributed by atoms with van der Waals surface area (Å²) in [5.41, 5.74) is 4.13. The lowest BCUT2D eigenvalue weighted by atomic mass is 10.2. The van der Waals surface area contributed by atoms with Crippen molar-refractivity contribution in [1.82, 2.24) is 0 Å². The van der Waals surface area contributed by atoms with E-state index in [1.54, 1.807) is 0 Å². The van der Waals surface area contributed by atoms with Crippen molar-refractivity contribution in [3.8, 4) is 0 Å². The van der Waals surface area contributed by atoms with Crippen LogP contribution >= 0.6 is 16.5 Å². The van der Waals surface area contributed by atoms with Crippen LogP contribution in [-0.4, -0.2) is 0 Å². The first-order chi connectivity index (χ1) is 17.1. The normalized spacial score (nSPS) is 10.5. The molecule has 0 spiro atoms. The first-order valence-corrected chi connectivity index (χ1v) is 14.3. The Hall–Kier alpha value is -3.04. The van der Waals surface area contributed by atoms with E-state index in [0.717, 1.165) is 8.58 Å². The third-order valence-corrected chi connectivity index (χ3v) is 10.1. The smallest absolute Gasteiger partial charge is 0.0122 e. The summed E-state index contributed by atoms with van der Waals surface area (Å²) in [5, 5.41) is 7.17. The van der Waals surface area contributed by atoms with Crippen molar-refractivity contribution in [2.45, 2.75) is 20.8 Å². The van der Waals surface area contributed by atoms with Gasteiger partial charge in [0.15, 0.2) is 0 Å². The Balaban J connectivity index is 0.000000189. The zero-order valence-electron chi connectivity index (χ0n) is 20.6. The molecular weight excluding hydrogens is 458 g/mol. The molecule has 0 radical (unpaired) electrons. The Bertz CT molecular complexity index is 1200. The molecule has 35 heavy (non-hydrogen) atoms. The minimum Gasteiger partial charge on any atom is -0.0622 e. The second kappa shape index (κ2) is 12.6. The summed E-state index contributed by atoms with van der Waals surface area (Å²) in [6.45, 7) is 6.67. The summed E-state index contributed by atoms with van der Waals surface area (Å²) < 4.78 is 0. The lowest BCUT2D eigenvalue weighted by Crippen LogP contribution is -2.25. The van der Waals surface area contributed by atoms with E-state index in [0.29, 0.717) is 0 Å². The maximum absolute atomic E-state index is 2.29. The monoisotopic (exact) mass is 490 g/mol. The predicted molar refractivity (Wildman–Crippen MR) is 160 cm³/mol. The molecule has 0 atom stereocenters. The number of benzene rings is 5. The van der Waals surface area contributed by atoms with E-state index >= 15 is 0 Å². The fourth-order valence-electron chi connectivity index (χ4n) is 4.04. The molecule has 0 heterocycles. The van der Waals surface area contributed by atoms with Crippen molar-refractivity contribution in [3.63, 3.8) is 0 Å². The van der Waals surface area contributed by atoms with Crippen molar-refractivity contribution in [3.05, 3.63) is 150 Å². The second-order valence-electron chi connectivity index (χ2n) is 8.55. The molecule has 5 aromatic carbocycles. The van der Waals surface area contributed by atoms with Gasteiger partial charge in [0.25, 0.3) is 0 Å². The van der Waals surface area contributed by atoms with E-state index < -0.39 is 7.92 Å². The second-order valence-corrected chi connectivity index (χ2v) is 12.1. The van der Waals surface area contributed by atoms with Gasteiger partial charge in [0, 0.05) is 0 Å². The van der Waals surface area contributed by atoms with Crippen LogP contribution in [0.5, 0.6) is 0 Å². The highest BCUT2D eigenvalue weighted by atomic mass is 31.1. The molecule has 0 aliphatic rings. The molecule has 2 heteroatoms. The molecule has 5 rings (SSSR count). The fraction of sp³-hybridized carbons (Fsp3) is 0.0909. The van der Waals surface area contributed by atoms with Gasteiger partial charge in [-0.3, -0.25) is 0 Å². The minimum absolute atomic E-state index is 0.508. The summed E-state index contributed by atoms with van der Waals surface area (Å²) in [4.78, 5) is 0. The van der Waals surface area contributed by atoms with Gasteiger partial charge in [-0.2, -0.15) is 0 Å². The molecular formula is C33H32P2. The average molecular weight is 491 g/mol. The molecule has 0 saturated carbocycles. The lowest BCUT2D eigenvalue weighted by Gasteiger charge is -2.24. The highest BCUT2D eigenvalue weighted by Crippen LogP contribution is 2.36. The van der Waals surface area contributed by atoms with Crippen LogP contribution < -0.4 is 26.5 Å². The first-order valence-electron chi connectivity index (χ1n) is 12.0. The number of aryl methyl sites for hydroxylation is 3. The van der Waals surface area contributed by atoms with Crippen molar-refractivity contribution < 1.29 is 0 Å². The van der Waals surface area contributed by atoms with Gasteiger partial charge in [-0.05, 0) is 71.9 Å². The zero-order chi connectivity index (χ0) is 24.5. The summed E-state index contributed by atoms with van der Waals surface area (Å²) >= 11 is 0. The van der Waals surface area contributed by atoms with Crippen LogP contribution in [-0.2, 0) is 0 Å². The highest BCUT2D eigenvalue weighted by Gasteiger charge is 2.20. The molecule has 0 aliphatic heterocycles. The van der Waals surface area contributed by atoms with E-state index in [1.165, 1.54) is 43.2 Å². The Morgan fingerprint density at radius 1 is 0.371 bits per heavy atom. The number of hydrogen-bond acceptors (Lipinski definition) is 0. The fourth-order valence-corrected chi connectivity index (χ4v) is 7.86. The predicted octanol–water partition coefficient (Wildman–Crippen LogP) is 6.69. The van der Waals surface area contributed by atoms with Gasteiger partial charge in [-0.1, -0.05) is 142 Å². The van der Waals surface area contributed by atoms with Crippen LogP contribution in [0.2, 0.25) is 0 Å². The van der Waals surface area contributed by atoms with Crippen molar-refractivity contribution >= 4 is 43.0 Å². The summed E-state index contributed by atoms with van der Waals surface area (Å²) in [6.07, 6.45) is 0. The van der Waals surface area contributed by atoms with Crippen molar-refractivity contribution in [2.75, 3.05) is 0 Å². The van der Waals surface area contributed by atoms with E-state index in [9.17, 15) is 0 Å². The molecule has 0 amide bonds. The molecule has 0 aromatic heterocycles. The molecule has 0 saturated heterocycles. The van der Waals surface area contributed by atoms with E-state index in [4.69, 9.17) is 0 Å². The Morgan fingerprint density at radius 3 is 0.971 bits per heavy atom. The average Bonchev–Trinajstić information content (AvgIpc) is 2.89. The molecule has 5 aromatic rings. The number of hydrogen-bond donors (Lipinski definition) is 0. The molecule has 174 valence electrons. The lowest BCUT2D eigenvalue weighted by molar-refractivity contribution is 1.49. The van der Waals surface area contributed by atoms with Crippen molar-refractivity contribution in [1.29, 1.82) is 0 Å². The van der Waals surface area contributed by atoms with Crippen LogP contribution in [0, 0.1) is 20.8 Å². The molecule has 0 fully saturated rings. The molecule has 0 bridgehead atoms. The van der Waals surface area contributed by atoms with Crippen LogP contribution in [0.15, 0.2) is 133 Å². The van der Waals surface area contributed by atoms with Crippen LogP contribution in [0.25, 0.3) is 0 Å². The topological polar surface area (TPSA) is 0 Å². The van der Waals surface area contributed by atoms with Gasteiger partial charge in [-0.25, -0.2) is 0 Å². The van der Waals surface area contributed by atoms with Crippen LogP contribution in [0.3, 0.4) is 0 Å². The Labute approximate surface area is 213 Å². The van der Waals surface area contributed by atoms with E-state index in [-0.39, 0.29) is 0 Å². The summed E-state index contributed by atoms with van der Waals surface area (Å²) in [5.74, 6) is 0. The van der Waals surface area contributed by atoms with Gasteiger partial charge >= 0.3 is 0 Å². The van der Waals surface area contributed by atoms with Crippen LogP contribution in [0.4, 0.5) is 0 Å². The summed E-state index contributed by atoms with van der Waals surface area (Å²) in [7, 11) is 0.268. The standard InChI is InChI=1S/C21H21P.C12H11P/c1-16-10-4-7-13-19(16)22(20-14-8-5-11-17(20)2)21-15-9-6-12-18(21)3;1-3-7-11(8-4-1)13-12-9-5-2-6-10-12/h4-15H,1-3H3;1-10,13H. The Kier molecular flexibility index (Phi) is 9.02. The van der Waals surface area contributed by atoms with Crippen LogP contribution in [0.1, 0.15) is 16.7 Å². The third kappa shape index (κ3) is 6.76. The van der Waals surface area contributed by atoms with Gasteiger partial charge < -0.3 is 0 Å². The van der Waals surface area contributed by atoms with Gasteiger partial charge in [0.2, 0.25) is 0 Å². The van der Waals surface area contributed by atoms with Crippen molar-refractivity contribution in [2.24, 2.45) is 0 Å². The SMILES string of the molecule is Cc1ccccc1P(c1ccccc1C)c1ccccc1C.c1ccc(Pc2ccccc2)cc1. The first kappa shape index (κ1) is 25.1. The molecule has 0 N–H and O–H groups in total. The van der Waals surface area contributed by atoms with E-state index in [2.05, 4.69) is 154 Å². The summed E-state index contributed by atoms with van der Waals surface area (Å²) in [6, 6.07) is 47.6. The molecule has 0 unspecified atom stereocenters. The minimum atomic E-state index is -0.508. The third-order valence-electron chi connectivity index (χ3n) is 5.91. The highest BCUT2D eigenvalue weighted by molar-refractivity contribution is 7.80. The van der Waals surface area contributed by atoms with Gasteiger partial charge in [-0.15, -0.1) is 0 Å². The zero-order valence-corrected chi connectivity index (χ0v) is 22.5. The van der Waals surface area contributed by atoms with Gasteiger partial charge in [0.1, 0.15) is 0 Å². The van der Waals surface area contributed by atoms with Gasteiger partial charge in [0.05, 0.1) is 0 Å². The quantitative estimate of drug-likeness (QED) is 0.241. The largest absolute Gasteiger partial charge is 0.0622 e. The Morgan fingerprint density at radius 2 is 0.657 bits per heavy atom. The number of rotatable bonds is 5. The molecule has 0 aliphatic carbocycles. The molecule has 0 nitrogen and oxygen atoms in total. The maximum atomic E-state index is 2.29. The van der Waals surface area contributed by atoms with E-state index in [1.807, 2.05) is 0 Å².